The maximum Gasteiger partial charge on any atom is 0.278 e. The number of rotatable bonds is 5. The summed E-state index contributed by atoms with van der Waals surface area (Å²) in [7, 11) is 0. The van der Waals surface area contributed by atoms with Crippen LogP contribution in [0.5, 0.6) is 0 Å². The van der Waals surface area contributed by atoms with E-state index in [4.69, 9.17) is 0 Å². The average Bonchev–Trinajstić information content (AvgIpc) is 2.91. The van der Waals surface area contributed by atoms with Crippen molar-refractivity contribution in [3.8, 4) is 11.3 Å². The van der Waals surface area contributed by atoms with Gasteiger partial charge in [-0.25, -0.2) is 9.97 Å². The van der Waals surface area contributed by atoms with Crippen LogP contribution in [-0.2, 0) is 6.54 Å². The van der Waals surface area contributed by atoms with Gasteiger partial charge in [0.1, 0.15) is 10.7 Å². The molecule has 0 saturated carbocycles. The molecule has 0 amide bonds. The highest BCUT2D eigenvalue weighted by atomic mass is 32.1. The van der Waals surface area contributed by atoms with Crippen LogP contribution in [0.1, 0.15) is 15.6 Å². The first-order valence-electron chi connectivity index (χ1n) is 7.15. The fourth-order valence-corrected chi connectivity index (χ4v) is 3.00. The highest BCUT2D eigenvalue weighted by Gasteiger charge is 2.16. The highest BCUT2D eigenvalue weighted by molar-refractivity contribution is 7.11. The summed E-state index contributed by atoms with van der Waals surface area (Å²) in [6.07, 6.45) is 1.41. The monoisotopic (exact) mass is 342 g/mol. The van der Waals surface area contributed by atoms with Gasteiger partial charge in [-0.15, -0.1) is 16.4 Å². The smallest absolute Gasteiger partial charge is 0.278 e. The minimum atomic E-state index is -0.439. The van der Waals surface area contributed by atoms with E-state index in [0.717, 1.165) is 10.7 Å². The molecule has 2 aromatic heterocycles. The number of nitro groups is 1. The topological polar surface area (TPSA) is 107 Å². The average molecular weight is 342 g/mol. The summed E-state index contributed by atoms with van der Waals surface area (Å²) in [6.45, 7) is 4.45. The lowest BCUT2D eigenvalue weighted by molar-refractivity contribution is -0.384. The molecule has 1 aromatic carbocycles. The van der Waals surface area contributed by atoms with Gasteiger partial charge in [0.25, 0.3) is 5.69 Å². The molecule has 8 nitrogen and oxygen atoms in total. The molecule has 9 heteroatoms. The fourth-order valence-electron chi connectivity index (χ4n) is 2.13. The number of hydrogen-bond donors (Lipinski definition) is 1. The minimum absolute atomic E-state index is 0.0184. The second-order valence-electron chi connectivity index (χ2n) is 5.04. The van der Waals surface area contributed by atoms with E-state index >= 15 is 0 Å². The Labute approximate surface area is 141 Å². The number of aryl methyl sites for hydroxylation is 2. The molecule has 0 aliphatic rings. The van der Waals surface area contributed by atoms with Crippen LogP contribution in [0.3, 0.4) is 0 Å². The number of benzene rings is 1. The Kier molecular flexibility index (Phi) is 4.43. The van der Waals surface area contributed by atoms with Crippen molar-refractivity contribution in [1.29, 1.82) is 0 Å². The second-order valence-corrected chi connectivity index (χ2v) is 6.33. The molecule has 1 N–H and O–H groups in total. The van der Waals surface area contributed by atoms with Crippen molar-refractivity contribution in [2.45, 2.75) is 20.4 Å². The molecular weight excluding hydrogens is 328 g/mol. The van der Waals surface area contributed by atoms with Gasteiger partial charge in [-0.1, -0.05) is 12.1 Å². The van der Waals surface area contributed by atoms with E-state index in [1.807, 2.05) is 13.8 Å². The van der Waals surface area contributed by atoms with Crippen LogP contribution in [0, 0.1) is 24.0 Å². The summed E-state index contributed by atoms with van der Waals surface area (Å²) in [6, 6.07) is 6.41. The zero-order chi connectivity index (χ0) is 17.1. The van der Waals surface area contributed by atoms with Gasteiger partial charge in [-0.3, -0.25) is 10.1 Å². The van der Waals surface area contributed by atoms with Crippen molar-refractivity contribution in [3.05, 3.63) is 56.2 Å². The third kappa shape index (κ3) is 3.35. The minimum Gasteiger partial charge on any atom is -0.346 e. The van der Waals surface area contributed by atoms with E-state index in [1.165, 1.54) is 17.1 Å². The number of para-hydroxylation sites is 1. The van der Waals surface area contributed by atoms with Crippen LogP contribution >= 0.6 is 11.3 Å². The Morgan fingerprint density at radius 1 is 1.25 bits per heavy atom. The molecule has 0 aliphatic carbocycles. The zero-order valence-corrected chi connectivity index (χ0v) is 13.9. The van der Waals surface area contributed by atoms with Crippen LogP contribution in [0.25, 0.3) is 11.3 Å². The van der Waals surface area contributed by atoms with E-state index < -0.39 is 4.92 Å². The first kappa shape index (κ1) is 15.9. The molecule has 24 heavy (non-hydrogen) atoms. The van der Waals surface area contributed by atoms with Crippen LogP contribution in [0.2, 0.25) is 0 Å². The molecule has 0 radical (unpaired) electrons. The first-order chi connectivity index (χ1) is 11.5. The van der Waals surface area contributed by atoms with E-state index in [1.54, 1.807) is 29.5 Å². The van der Waals surface area contributed by atoms with Gasteiger partial charge >= 0.3 is 0 Å². The lowest BCUT2D eigenvalue weighted by Gasteiger charge is -2.05. The summed E-state index contributed by atoms with van der Waals surface area (Å²) in [4.78, 5) is 20.6. The van der Waals surface area contributed by atoms with Crippen LogP contribution < -0.4 is 5.32 Å². The number of nitrogens with zero attached hydrogens (tertiary/aromatic N) is 5. The number of thiazole rings is 1. The molecule has 0 unspecified atom stereocenters. The number of anilines is 1. The van der Waals surface area contributed by atoms with Gasteiger partial charge < -0.3 is 5.32 Å². The van der Waals surface area contributed by atoms with E-state index in [2.05, 4.69) is 25.5 Å². The molecule has 0 fully saturated rings. The van der Waals surface area contributed by atoms with Gasteiger partial charge in [-0.05, 0) is 19.9 Å². The molecule has 3 aromatic rings. The Hall–Kier alpha value is -2.94. The lowest BCUT2D eigenvalue weighted by atomic mass is 10.1. The summed E-state index contributed by atoms with van der Waals surface area (Å²) in [5.41, 5.74) is 1.78. The third-order valence-electron chi connectivity index (χ3n) is 3.41. The number of nitro benzene ring substituents is 1. The van der Waals surface area contributed by atoms with E-state index in [-0.39, 0.29) is 5.69 Å². The molecule has 0 atom stereocenters. The van der Waals surface area contributed by atoms with Crippen LogP contribution in [0.15, 0.2) is 30.5 Å². The normalized spacial score (nSPS) is 10.6. The standard InChI is InChI=1S/C15H14N6O2S/c1-9-10(2)24-14(18-9)8-16-15-19-12(7-17-20-15)11-5-3-4-6-13(11)21(22)23/h3-7H,8H2,1-2H3,(H,16,19,20). The zero-order valence-electron chi connectivity index (χ0n) is 13.1. The van der Waals surface area contributed by atoms with Crippen molar-refractivity contribution in [2.24, 2.45) is 0 Å². The third-order valence-corrected chi connectivity index (χ3v) is 4.48. The Bertz CT molecular complexity index is 876. The number of hydrogen-bond acceptors (Lipinski definition) is 8. The quantitative estimate of drug-likeness (QED) is 0.560. The fraction of sp³-hybridized carbons (Fsp3) is 0.200. The summed E-state index contributed by atoms with van der Waals surface area (Å²) in [5, 5.41) is 22.9. The summed E-state index contributed by atoms with van der Waals surface area (Å²) < 4.78 is 0. The van der Waals surface area contributed by atoms with Gasteiger partial charge in [-0.2, -0.15) is 5.10 Å². The summed E-state index contributed by atoms with van der Waals surface area (Å²) >= 11 is 1.60. The molecule has 3 rings (SSSR count). The van der Waals surface area contributed by atoms with Crippen molar-refractivity contribution in [3.63, 3.8) is 0 Å². The summed E-state index contributed by atoms with van der Waals surface area (Å²) in [5.74, 6) is 0.302. The largest absolute Gasteiger partial charge is 0.346 e. The molecule has 0 aliphatic heterocycles. The van der Waals surface area contributed by atoms with Gasteiger partial charge in [0.05, 0.1) is 28.9 Å². The van der Waals surface area contributed by atoms with Crippen LogP contribution in [-0.4, -0.2) is 25.1 Å². The van der Waals surface area contributed by atoms with Crippen molar-refractivity contribution < 1.29 is 4.92 Å². The van der Waals surface area contributed by atoms with Gasteiger partial charge in [0.2, 0.25) is 5.95 Å². The highest BCUT2D eigenvalue weighted by Crippen LogP contribution is 2.27. The molecule has 0 saturated heterocycles. The van der Waals surface area contributed by atoms with Crippen LogP contribution in [0.4, 0.5) is 11.6 Å². The Morgan fingerprint density at radius 2 is 2.04 bits per heavy atom. The predicted octanol–water partition coefficient (Wildman–Crippen LogP) is 3.13. The van der Waals surface area contributed by atoms with Crippen molar-refractivity contribution in [1.82, 2.24) is 20.2 Å². The first-order valence-corrected chi connectivity index (χ1v) is 7.96. The predicted molar refractivity (Wildman–Crippen MR) is 90.8 cm³/mol. The maximum absolute atomic E-state index is 11.1. The number of nitrogens with one attached hydrogen (secondary N) is 1. The number of aromatic nitrogens is 4. The molecular formula is C15H14N6O2S. The maximum atomic E-state index is 11.1. The van der Waals surface area contributed by atoms with Gasteiger partial charge in [0, 0.05) is 10.9 Å². The molecule has 0 spiro atoms. The van der Waals surface area contributed by atoms with E-state index in [9.17, 15) is 10.1 Å². The molecule has 122 valence electrons. The van der Waals surface area contributed by atoms with E-state index in [0.29, 0.717) is 23.8 Å². The molecule has 0 bridgehead atoms. The Balaban J connectivity index is 1.83. The van der Waals surface area contributed by atoms with Crippen molar-refractivity contribution >= 4 is 23.0 Å². The molecule has 2 heterocycles. The second kappa shape index (κ2) is 6.67. The lowest BCUT2D eigenvalue weighted by Crippen LogP contribution is -2.05. The SMILES string of the molecule is Cc1nc(CNc2nncc(-c3ccccc3[N+](=O)[O-])n2)sc1C. The Morgan fingerprint density at radius 3 is 2.75 bits per heavy atom. The van der Waals surface area contributed by atoms with Crippen molar-refractivity contribution in [2.75, 3.05) is 5.32 Å². The van der Waals surface area contributed by atoms with Gasteiger partial charge in [0.15, 0.2) is 0 Å².